The van der Waals surface area contributed by atoms with Crippen molar-refractivity contribution in [2.75, 3.05) is 13.2 Å². The lowest BCUT2D eigenvalue weighted by molar-refractivity contribution is -0.0190. The maximum absolute atomic E-state index is 5.99. The lowest BCUT2D eigenvalue weighted by Gasteiger charge is -2.14. The van der Waals surface area contributed by atoms with Crippen LogP contribution in [-0.2, 0) is 16.1 Å². The van der Waals surface area contributed by atoms with Crippen molar-refractivity contribution < 1.29 is 9.47 Å². The quantitative estimate of drug-likeness (QED) is 0.818. The van der Waals surface area contributed by atoms with E-state index in [9.17, 15) is 0 Å². The van der Waals surface area contributed by atoms with E-state index in [0.717, 1.165) is 25.6 Å². The number of ether oxygens (including phenoxy) is 2. The van der Waals surface area contributed by atoms with E-state index in [0.29, 0.717) is 12.7 Å². The minimum absolute atomic E-state index is 0.287. The van der Waals surface area contributed by atoms with Gasteiger partial charge in [0.2, 0.25) is 0 Å². The molecule has 0 amide bonds. The first-order chi connectivity index (χ1) is 9.40. The van der Waals surface area contributed by atoms with Crippen molar-refractivity contribution in [3.8, 4) is 0 Å². The lowest BCUT2D eigenvalue weighted by Crippen LogP contribution is -2.29. The highest BCUT2D eigenvalue weighted by Gasteiger charge is 2.27. The molecule has 1 saturated heterocycles. The Morgan fingerprint density at radius 2 is 1.84 bits per heavy atom. The minimum atomic E-state index is 0.287. The topological polar surface area (TPSA) is 30.5 Å². The fourth-order valence-electron chi connectivity index (χ4n) is 2.52. The number of hydrogen-bond acceptors (Lipinski definition) is 3. The molecule has 2 atom stereocenters. The SMILES string of the molecule is c1ccc(COCC2CCC(CNC3CC3)O2)cc1. The highest BCUT2D eigenvalue weighted by Crippen LogP contribution is 2.22. The monoisotopic (exact) mass is 261 g/mol. The highest BCUT2D eigenvalue weighted by molar-refractivity contribution is 5.13. The van der Waals surface area contributed by atoms with Crippen LogP contribution < -0.4 is 5.32 Å². The second-order valence-electron chi connectivity index (χ2n) is 5.64. The fraction of sp³-hybridized carbons (Fsp3) is 0.625. The first-order valence-electron chi connectivity index (χ1n) is 7.40. The van der Waals surface area contributed by atoms with Gasteiger partial charge in [-0.15, -0.1) is 0 Å². The molecule has 2 fully saturated rings. The molecule has 1 aliphatic heterocycles. The Morgan fingerprint density at radius 3 is 2.63 bits per heavy atom. The molecule has 2 unspecified atom stereocenters. The first-order valence-corrected chi connectivity index (χ1v) is 7.40. The van der Waals surface area contributed by atoms with E-state index in [-0.39, 0.29) is 6.10 Å². The summed E-state index contributed by atoms with van der Waals surface area (Å²) < 4.78 is 11.7. The largest absolute Gasteiger partial charge is 0.374 e. The van der Waals surface area contributed by atoms with Crippen LogP contribution in [0.1, 0.15) is 31.2 Å². The van der Waals surface area contributed by atoms with Crippen molar-refractivity contribution in [2.45, 2.75) is 50.5 Å². The summed E-state index contributed by atoms with van der Waals surface area (Å²) in [6.45, 7) is 2.42. The van der Waals surface area contributed by atoms with Crippen LogP contribution in [0.4, 0.5) is 0 Å². The molecule has 3 heteroatoms. The predicted molar refractivity (Wildman–Crippen MR) is 75.0 cm³/mol. The van der Waals surface area contributed by atoms with E-state index in [4.69, 9.17) is 9.47 Å². The third-order valence-corrected chi connectivity index (χ3v) is 3.82. The number of rotatable bonds is 7. The van der Waals surface area contributed by atoms with Crippen molar-refractivity contribution in [2.24, 2.45) is 0 Å². The van der Waals surface area contributed by atoms with Gasteiger partial charge in [-0.25, -0.2) is 0 Å². The molecular formula is C16H23NO2. The van der Waals surface area contributed by atoms with Gasteiger partial charge in [0, 0.05) is 12.6 Å². The van der Waals surface area contributed by atoms with Crippen molar-refractivity contribution in [3.05, 3.63) is 35.9 Å². The van der Waals surface area contributed by atoms with Gasteiger partial charge in [-0.3, -0.25) is 0 Å². The molecular weight excluding hydrogens is 238 g/mol. The molecule has 0 radical (unpaired) electrons. The zero-order chi connectivity index (χ0) is 12.9. The third-order valence-electron chi connectivity index (χ3n) is 3.82. The summed E-state index contributed by atoms with van der Waals surface area (Å²) in [5.41, 5.74) is 1.23. The Kier molecular flexibility index (Phi) is 4.49. The standard InChI is InChI=1S/C16H23NO2/c1-2-4-13(5-3-1)11-18-12-16-9-8-15(19-16)10-17-14-6-7-14/h1-5,14-17H,6-12H2. The molecule has 1 aliphatic carbocycles. The molecule has 1 N–H and O–H groups in total. The number of hydrogen-bond donors (Lipinski definition) is 1. The molecule has 0 spiro atoms. The van der Waals surface area contributed by atoms with Crippen LogP contribution in [-0.4, -0.2) is 31.4 Å². The zero-order valence-electron chi connectivity index (χ0n) is 11.4. The average Bonchev–Trinajstić information content (AvgIpc) is 3.17. The Labute approximate surface area is 115 Å². The summed E-state index contributed by atoms with van der Waals surface area (Å²) >= 11 is 0. The normalized spacial score (nSPS) is 26.7. The maximum atomic E-state index is 5.99. The van der Waals surface area contributed by atoms with Gasteiger partial charge in [0.05, 0.1) is 25.4 Å². The van der Waals surface area contributed by atoms with E-state index in [1.807, 2.05) is 18.2 Å². The van der Waals surface area contributed by atoms with Crippen LogP contribution >= 0.6 is 0 Å². The van der Waals surface area contributed by atoms with Crippen molar-refractivity contribution in [3.63, 3.8) is 0 Å². The first kappa shape index (κ1) is 13.1. The molecule has 19 heavy (non-hydrogen) atoms. The second kappa shape index (κ2) is 6.51. The van der Waals surface area contributed by atoms with Crippen LogP contribution in [0.5, 0.6) is 0 Å². The van der Waals surface area contributed by atoms with Gasteiger partial charge >= 0.3 is 0 Å². The van der Waals surface area contributed by atoms with E-state index in [1.54, 1.807) is 0 Å². The predicted octanol–water partition coefficient (Wildman–Crippen LogP) is 2.50. The third kappa shape index (κ3) is 4.30. The molecule has 1 aromatic carbocycles. The summed E-state index contributed by atoms with van der Waals surface area (Å²) in [6, 6.07) is 11.1. The van der Waals surface area contributed by atoms with Crippen molar-refractivity contribution in [1.29, 1.82) is 0 Å². The summed E-state index contributed by atoms with van der Waals surface area (Å²) in [5.74, 6) is 0. The fourth-order valence-corrected chi connectivity index (χ4v) is 2.52. The summed E-state index contributed by atoms with van der Waals surface area (Å²) in [6.07, 6.45) is 5.66. The Balaban J connectivity index is 1.30. The molecule has 1 aromatic rings. The van der Waals surface area contributed by atoms with Gasteiger partial charge in [-0.05, 0) is 31.2 Å². The maximum Gasteiger partial charge on any atom is 0.0814 e. The van der Waals surface area contributed by atoms with E-state index in [1.165, 1.54) is 24.8 Å². The van der Waals surface area contributed by atoms with Crippen molar-refractivity contribution >= 4 is 0 Å². The molecule has 104 valence electrons. The second-order valence-corrected chi connectivity index (χ2v) is 5.64. The Morgan fingerprint density at radius 1 is 1.05 bits per heavy atom. The van der Waals surface area contributed by atoms with Crippen molar-refractivity contribution in [1.82, 2.24) is 5.32 Å². The van der Waals surface area contributed by atoms with Crippen LogP contribution in [0, 0.1) is 0 Å². The molecule has 3 rings (SSSR count). The van der Waals surface area contributed by atoms with Crippen LogP contribution in [0.3, 0.4) is 0 Å². The molecule has 3 nitrogen and oxygen atoms in total. The van der Waals surface area contributed by atoms with Gasteiger partial charge in [-0.1, -0.05) is 30.3 Å². The van der Waals surface area contributed by atoms with Crippen LogP contribution in [0.25, 0.3) is 0 Å². The Bertz CT molecular complexity index is 378. The highest BCUT2D eigenvalue weighted by atomic mass is 16.5. The van der Waals surface area contributed by atoms with E-state index >= 15 is 0 Å². The number of benzene rings is 1. The van der Waals surface area contributed by atoms with Gasteiger partial charge in [0.25, 0.3) is 0 Å². The summed E-state index contributed by atoms with van der Waals surface area (Å²) in [7, 11) is 0. The molecule has 1 heterocycles. The summed E-state index contributed by atoms with van der Waals surface area (Å²) in [4.78, 5) is 0. The van der Waals surface area contributed by atoms with Gasteiger partial charge in [0.1, 0.15) is 0 Å². The lowest BCUT2D eigenvalue weighted by atomic mass is 10.2. The van der Waals surface area contributed by atoms with Crippen LogP contribution in [0.2, 0.25) is 0 Å². The van der Waals surface area contributed by atoms with E-state index in [2.05, 4.69) is 17.4 Å². The van der Waals surface area contributed by atoms with E-state index < -0.39 is 0 Å². The smallest absolute Gasteiger partial charge is 0.0814 e. The molecule has 0 aromatic heterocycles. The molecule has 0 bridgehead atoms. The zero-order valence-corrected chi connectivity index (χ0v) is 11.4. The Hall–Kier alpha value is -0.900. The molecule has 1 saturated carbocycles. The van der Waals surface area contributed by atoms with Gasteiger partial charge in [-0.2, -0.15) is 0 Å². The summed E-state index contributed by atoms with van der Waals surface area (Å²) in [5, 5.41) is 3.54. The van der Waals surface area contributed by atoms with Gasteiger partial charge in [0.15, 0.2) is 0 Å². The van der Waals surface area contributed by atoms with Crippen LogP contribution in [0.15, 0.2) is 30.3 Å². The molecule has 2 aliphatic rings. The average molecular weight is 261 g/mol. The number of nitrogens with one attached hydrogen (secondary N) is 1. The van der Waals surface area contributed by atoms with Gasteiger partial charge < -0.3 is 14.8 Å². The minimum Gasteiger partial charge on any atom is -0.374 e.